The van der Waals surface area contributed by atoms with E-state index in [0.29, 0.717) is 55.0 Å². The van der Waals surface area contributed by atoms with Crippen molar-refractivity contribution in [3.8, 4) is 5.75 Å². The number of β-amino-alcohol motifs (C(OH)–C–C–N with tert-alkyl or cyclic N) is 1. The second-order valence-electron chi connectivity index (χ2n) is 6.36. The van der Waals surface area contributed by atoms with Gasteiger partial charge in [0, 0.05) is 32.1 Å². The number of likely N-dealkylation sites (tertiary alicyclic amines) is 1. The summed E-state index contributed by atoms with van der Waals surface area (Å²) in [5.74, 6) is 0.648. The summed E-state index contributed by atoms with van der Waals surface area (Å²) in [6, 6.07) is 4.85. The third-order valence-electron chi connectivity index (χ3n) is 4.61. The monoisotopic (exact) mass is 362 g/mol. The van der Waals surface area contributed by atoms with Gasteiger partial charge < -0.3 is 30.2 Å². The Morgan fingerprint density at radius 3 is 3.00 bits per heavy atom. The average Bonchev–Trinajstić information content (AvgIpc) is 2.61. The first-order valence-electron chi connectivity index (χ1n) is 8.43. The van der Waals surface area contributed by atoms with E-state index in [1.54, 1.807) is 25.3 Å². The van der Waals surface area contributed by atoms with Crippen LogP contribution in [-0.2, 0) is 6.42 Å². The number of nitrogens with one attached hydrogen (secondary N) is 2. The normalized spacial score (nSPS) is 20.8. The van der Waals surface area contributed by atoms with Gasteiger partial charge >= 0.3 is 6.09 Å². The van der Waals surface area contributed by atoms with Gasteiger partial charge in [-0.15, -0.1) is 0 Å². The second-order valence-corrected chi connectivity index (χ2v) is 6.36. The number of carbonyl (C=O) groups is 1. The Morgan fingerprint density at radius 1 is 1.50 bits per heavy atom. The van der Waals surface area contributed by atoms with Crippen LogP contribution >= 0.6 is 0 Å². The lowest BCUT2D eigenvalue weighted by Crippen LogP contribution is -2.54. The topological polar surface area (TPSA) is 128 Å². The van der Waals surface area contributed by atoms with Gasteiger partial charge in [0.05, 0.1) is 30.3 Å². The van der Waals surface area contributed by atoms with Crippen LogP contribution in [0.1, 0.15) is 12.1 Å². The molecule has 2 unspecified atom stereocenters. The van der Waals surface area contributed by atoms with Crippen molar-refractivity contribution in [1.29, 1.82) is 0 Å². The number of fused-ring (bicyclic) bond motifs is 1. The summed E-state index contributed by atoms with van der Waals surface area (Å²) in [6.07, 6.45) is -0.934. The summed E-state index contributed by atoms with van der Waals surface area (Å²) in [7, 11) is 1.56. The molecule has 1 fully saturated rings. The van der Waals surface area contributed by atoms with E-state index in [1.807, 2.05) is 4.90 Å². The van der Waals surface area contributed by atoms with Gasteiger partial charge in [0.1, 0.15) is 11.4 Å². The van der Waals surface area contributed by atoms with Crippen molar-refractivity contribution in [3.63, 3.8) is 0 Å². The zero-order valence-corrected chi connectivity index (χ0v) is 14.4. The molecule has 0 spiro atoms. The van der Waals surface area contributed by atoms with Gasteiger partial charge in [0.25, 0.3) is 5.56 Å². The van der Waals surface area contributed by atoms with Gasteiger partial charge in [-0.05, 0) is 18.6 Å². The Balaban J connectivity index is 1.64. The van der Waals surface area contributed by atoms with Crippen molar-refractivity contribution in [2.24, 2.45) is 0 Å². The van der Waals surface area contributed by atoms with E-state index >= 15 is 0 Å². The molecule has 9 nitrogen and oxygen atoms in total. The number of piperidine rings is 1. The third-order valence-corrected chi connectivity index (χ3v) is 4.61. The fraction of sp³-hybridized carbons (Fsp3) is 0.471. The summed E-state index contributed by atoms with van der Waals surface area (Å²) in [5, 5.41) is 21.2. The highest BCUT2D eigenvalue weighted by Crippen LogP contribution is 2.17. The van der Waals surface area contributed by atoms with Crippen LogP contribution in [0.3, 0.4) is 0 Å². The van der Waals surface area contributed by atoms with E-state index in [1.165, 1.54) is 0 Å². The van der Waals surface area contributed by atoms with Crippen LogP contribution in [0, 0.1) is 0 Å². The summed E-state index contributed by atoms with van der Waals surface area (Å²) in [4.78, 5) is 32.2. The predicted octanol–water partition coefficient (Wildman–Crippen LogP) is 0.177. The maximum atomic E-state index is 12.2. The van der Waals surface area contributed by atoms with E-state index in [0.717, 1.165) is 0 Å². The number of aliphatic hydroxyl groups excluding tert-OH is 1. The number of H-pyrrole nitrogens is 1. The Hall–Kier alpha value is -2.65. The SMILES string of the molecule is COc1ccc2nc(CCN3CCC(NC(=O)O)C(O)C3)c(=O)[nH]c2c1. The molecule has 0 bridgehead atoms. The highest BCUT2D eigenvalue weighted by atomic mass is 16.5. The number of ether oxygens (including phenoxy) is 1. The summed E-state index contributed by atoms with van der Waals surface area (Å²) >= 11 is 0. The van der Waals surface area contributed by atoms with Crippen LogP contribution in [0.2, 0.25) is 0 Å². The quantitative estimate of drug-likeness (QED) is 0.597. The number of amides is 1. The summed E-state index contributed by atoms with van der Waals surface area (Å²) in [5.41, 5.74) is 1.50. The Morgan fingerprint density at radius 2 is 2.31 bits per heavy atom. The molecule has 1 amide bonds. The van der Waals surface area contributed by atoms with Crippen LogP contribution in [0.5, 0.6) is 5.75 Å². The van der Waals surface area contributed by atoms with Crippen molar-refractivity contribution in [2.75, 3.05) is 26.7 Å². The molecular weight excluding hydrogens is 340 g/mol. The lowest BCUT2D eigenvalue weighted by Gasteiger charge is -2.35. The third kappa shape index (κ3) is 4.12. The number of rotatable bonds is 5. The largest absolute Gasteiger partial charge is 0.497 e. The van der Waals surface area contributed by atoms with E-state index in [-0.39, 0.29) is 5.56 Å². The lowest BCUT2D eigenvalue weighted by atomic mass is 10.0. The van der Waals surface area contributed by atoms with E-state index in [4.69, 9.17) is 9.84 Å². The number of carboxylic acid groups (broad SMARTS) is 1. The van der Waals surface area contributed by atoms with Crippen molar-refractivity contribution < 1.29 is 19.7 Å². The minimum Gasteiger partial charge on any atom is -0.497 e. The Bertz CT molecular complexity index is 853. The molecule has 1 aromatic carbocycles. The molecule has 3 rings (SSSR count). The highest BCUT2D eigenvalue weighted by Gasteiger charge is 2.28. The molecule has 1 aliphatic rings. The summed E-state index contributed by atoms with van der Waals surface area (Å²) < 4.78 is 5.14. The van der Waals surface area contributed by atoms with E-state index in [9.17, 15) is 14.7 Å². The molecule has 2 atom stereocenters. The average molecular weight is 362 g/mol. The fourth-order valence-electron chi connectivity index (χ4n) is 3.19. The number of methoxy groups -OCH3 is 1. The van der Waals surface area contributed by atoms with Crippen molar-refractivity contribution in [2.45, 2.75) is 25.0 Å². The van der Waals surface area contributed by atoms with Crippen molar-refractivity contribution in [1.82, 2.24) is 20.2 Å². The first-order chi connectivity index (χ1) is 12.5. The summed E-state index contributed by atoms with van der Waals surface area (Å²) in [6.45, 7) is 1.56. The predicted molar refractivity (Wildman–Crippen MR) is 94.6 cm³/mol. The van der Waals surface area contributed by atoms with Crippen LogP contribution in [-0.4, -0.2) is 70.1 Å². The first kappa shape index (κ1) is 18.2. The van der Waals surface area contributed by atoms with Crippen LogP contribution in [0.25, 0.3) is 11.0 Å². The molecule has 4 N–H and O–H groups in total. The molecular formula is C17H22N4O5. The number of benzene rings is 1. The van der Waals surface area contributed by atoms with Crippen molar-refractivity contribution >= 4 is 17.1 Å². The minimum atomic E-state index is -1.13. The van der Waals surface area contributed by atoms with Gasteiger partial charge in [-0.25, -0.2) is 9.78 Å². The highest BCUT2D eigenvalue weighted by molar-refractivity contribution is 5.75. The molecule has 2 heterocycles. The minimum absolute atomic E-state index is 0.242. The van der Waals surface area contributed by atoms with Gasteiger partial charge in [-0.3, -0.25) is 4.79 Å². The van der Waals surface area contributed by atoms with E-state index < -0.39 is 18.2 Å². The zero-order valence-electron chi connectivity index (χ0n) is 14.4. The standard InChI is InChI=1S/C17H22N4O5/c1-26-10-2-3-11-14(8-10)19-16(23)13(18-11)5-7-21-6-4-12(15(22)9-21)20-17(24)25/h2-3,8,12,15,20,22H,4-7,9H2,1H3,(H,19,23)(H,24,25). The zero-order chi connectivity index (χ0) is 18.7. The molecule has 0 aliphatic carbocycles. The smallest absolute Gasteiger partial charge is 0.404 e. The number of hydrogen-bond acceptors (Lipinski definition) is 6. The number of aromatic nitrogens is 2. The molecule has 140 valence electrons. The fourth-order valence-corrected chi connectivity index (χ4v) is 3.19. The number of nitrogens with zero attached hydrogens (tertiary/aromatic N) is 2. The van der Waals surface area contributed by atoms with E-state index in [2.05, 4.69) is 15.3 Å². The van der Waals surface area contributed by atoms with Gasteiger partial charge in [-0.1, -0.05) is 0 Å². The molecule has 1 aromatic heterocycles. The molecule has 1 saturated heterocycles. The molecule has 9 heteroatoms. The maximum absolute atomic E-state index is 12.2. The van der Waals surface area contributed by atoms with Crippen LogP contribution in [0.4, 0.5) is 4.79 Å². The van der Waals surface area contributed by atoms with Gasteiger partial charge in [0.2, 0.25) is 0 Å². The van der Waals surface area contributed by atoms with Crippen molar-refractivity contribution in [3.05, 3.63) is 34.2 Å². The molecule has 0 saturated carbocycles. The Labute approximate surface area is 149 Å². The first-order valence-corrected chi connectivity index (χ1v) is 8.43. The van der Waals surface area contributed by atoms with Crippen LogP contribution in [0.15, 0.2) is 23.0 Å². The number of aromatic amines is 1. The second kappa shape index (κ2) is 7.71. The van der Waals surface area contributed by atoms with Crippen LogP contribution < -0.4 is 15.6 Å². The van der Waals surface area contributed by atoms with Gasteiger partial charge in [0.15, 0.2) is 0 Å². The molecule has 2 aromatic rings. The molecule has 0 radical (unpaired) electrons. The Kier molecular flexibility index (Phi) is 5.38. The maximum Gasteiger partial charge on any atom is 0.404 e. The van der Waals surface area contributed by atoms with Gasteiger partial charge in [-0.2, -0.15) is 0 Å². The molecule has 26 heavy (non-hydrogen) atoms. The number of hydrogen-bond donors (Lipinski definition) is 4. The number of aliphatic hydroxyl groups is 1. The lowest BCUT2D eigenvalue weighted by molar-refractivity contribution is 0.0411. The molecule has 1 aliphatic heterocycles.